The zero-order valence-corrected chi connectivity index (χ0v) is 23.0. The Morgan fingerprint density at radius 3 is 2.54 bits per heavy atom. The summed E-state index contributed by atoms with van der Waals surface area (Å²) in [5.41, 5.74) is 10.2. The minimum atomic E-state index is -0.908. The smallest absolute Gasteiger partial charge is 0.326 e. The van der Waals surface area contributed by atoms with Gasteiger partial charge < -0.3 is 15.0 Å². The first-order valence-corrected chi connectivity index (χ1v) is 14.0. The summed E-state index contributed by atoms with van der Waals surface area (Å²) in [7, 11) is 0. The Balaban J connectivity index is 1.37. The molecule has 1 saturated carbocycles. The number of imidazole rings is 1. The Morgan fingerprint density at radius 1 is 1.10 bits per heavy atom. The molecular weight excluding hydrogens is 514 g/mol. The van der Waals surface area contributed by atoms with Crippen molar-refractivity contribution in [3.05, 3.63) is 70.8 Å². The molecule has 204 valence electrons. The highest BCUT2D eigenvalue weighted by Gasteiger charge is 2.37. The molecule has 0 amide bonds. The van der Waals surface area contributed by atoms with Gasteiger partial charge in [-0.25, -0.2) is 4.98 Å². The maximum Gasteiger partial charge on any atom is 0.326 e. The molecule has 9 nitrogen and oxygen atoms in total. The molecule has 5 rings (SSSR count). The number of aromatic amines is 1. The van der Waals surface area contributed by atoms with Crippen LogP contribution in [-0.2, 0) is 29.1 Å². The molecule has 10 heteroatoms. The molecule has 39 heavy (non-hydrogen) atoms. The first-order valence-electron chi connectivity index (χ1n) is 13.6. The van der Waals surface area contributed by atoms with Gasteiger partial charge in [0.05, 0.1) is 5.69 Å². The van der Waals surface area contributed by atoms with E-state index in [4.69, 9.17) is 22.1 Å². The lowest BCUT2D eigenvalue weighted by Gasteiger charge is -2.30. The molecule has 0 saturated heterocycles. The number of H-pyrrole nitrogens is 1. The molecule has 2 aromatic carbocycles. The monoisotopic (exact) mass is 547 g/mol. The Hall–Kier alpha value is -3.56. The van der Waals surface area contributed by atoms with Crippen molar-refractivity contribution in [2.24, 2.45) is 5.73 Å². The van der Waals surface area contributed by atoms with Gasteiger partial charge in [-0.15, -0.1) is 10.2 Å². The van der Waals surface area contributed by atoms with Crippen LogP contribution in [0.3, 0.4) is 0 Å². The first kappa shape index (κ1) is 27.0. The van der Waals surface area contributed by atoms with Crippen LogP contribution in [0.1, 0.15) is 69.0 Å². The number of aromatic nitrogens is 6. The number of nitrogens with one attached hydrogen (secondary N) is 1. The third-order valence-corrected chi connectivity index (χ3v) is 7.77. The van der Waals surface area contributed by atoms with Gasteiger partial charge in [-0.05, 0) is 41.2 Å². The Bertz CT molecular complexity index is 1390. The fourth-order valence-corrected chi connectivity index (χ4v) is 5.45. The van der Waals surface area contributed by atoms with Gasteiger partial charge in [-0.3, -0.25) is 4.79 Å². The lowest BCUT2D eigenvalue weighted by molar-refractivity contribution is -0.153. The highest BCUT2D eigenvalue weighted by atomic mass is 35.5. The van der Waals surface area contributed by atoms with Crippen molar-refractivity contribution < 1.29 is 9.53 Å². The number of esters is 1. The van der Waals surface area contributed by atoms with Crippen molar-refractivity contribution in [3.8, 4) is 22.5 Å². The number of unbranched alkanes of at least 4 members (excludes halogenated alkanes) is 1. The number of ether oxygens (including phenoxy) is 1. The van der Waals surface area contributed by atoms with Gasteiger partial charge in [-0.1, -0.05) is 92.7 Å². The van der Waals surface area contributed by atoms with Crippen molar-refractivity contribution in [1.82, 2.24) is 30.2 Å². The lowest BCUT2D eigenvalue weighted by Crippen LogP contribution is -2.50. The highest BCUT2D eigenvalue weighted by molar-refractivity contribution is 6.30. The number of hydrogen-bond donors (Lipinski definition) is 2. The normalized spacial score (nSPS) is 14.8. The molecular formula is C29H34ClN7O2. The molecule has 2 aromatic heterocycles. The number of rotatable bonds is 10. The third kappa shape index (κ3) is 6.04. The number of halogens is 1. The molecule has 0 spiro atoms. The predicted molar refractivity (Wildman–Crippen MR) is 150 cm³/mol. The zero-order chi connectivity index (χ0) is 27.2. The van der Waals surface area contributed by atoms with Gasteiger partial charge >= 0.3 is 5.97 Å². The number of nitrogens with zero attached hydrogens (tertiary/aromatic N) is 5. The van der Waals surface area contributed by atoms with Crippen molar-refractivity contribution in [1.29, 1.82) is 0 Å². The third-order valence-electron chi connectivity index (χ3n) is 7.47. The van der Waals surface area contributed by atoms with Crippen LogP contribution in [-0.4, -0.2) is 41.7 Å². The van der Waals surface area contributed by atoms with Crippen LogP contribution in [0.25, 0.3) is 22.5 Å². The lowest BCUT2D eigenvalue weighted by atomic mass is 9.83. The van der Waals surface area contributed by atoms with Crippen LogP contribution >= 0.6 is 11.6 Å². The summed E-state index contributed by atoms with van der Waals surface area (Å²) in [6, 6.07) is 16.3. The highest BCUT2D eigenvalue weighted by Crippen LogP contribution is 2.31. The molecule has 0 radical (unpaired) electrons. The summed E-state index contributed by atoms with van der Waals surface area (Å²) in [6.07, 6.45) is 7.13. The van der Waals surface area contributed by atoms with E-state index in [0.29, 0.717) is 36.1 Å². The van der Waals surface area contributed by atoms with E-state index >= 15 is 0 Å². The van der Waals surface area contributed by atoms with Gasteiger partial charge in [0.1, 0.15) is 18.0 Å². The second-order valence-electron chi connectivity index (χ2n) is 10.2. The van der Waals surface area contributed by atoms with Crippen LogP contribution in [0.15, 0.2) is 48.5 Å². The molecule has 4 aromatic rings. The number of aryl methyl sites for hydroxylation is 1. The van der Waals surface area contributed by atoms with Crippen LogP contribution in [0.2, 0.25) is 5.15 Å². The molecule has 2 heterocycles. The fraction of sp³-hybridized carbons (Fsp3) is 0.414. The van der Waals surface area contributed by atoms with E-state index in [2.05, 4.69) is 61.4 Å². The maximum absolute atomic E-state index is 12.9. The number of carbonyl (C=O) groups excluding carboxylic acids is 1. The van der Waals surface area contributed by atoms with Gasteiger partial charge in [0.15, 0.2) is 5.15 Å². The zero-order valence-electron chi connectivity index (χ0n) is 22.2. The van der Waals surface area contributed by atoms with Crippen molar-refractivity contribution in [2.75, 3.05) is 0 Å². The molecule has 1 aliphatic carbocycles. The number of tetrazole rings is 1. The van der Waals surface area contributed by atoms with E-state index < -0.39 is 5.54 Å². The number of nitrogens with two attached hydrogens (primary N) is 1. The number of hydrogen-bond acceptors (Lipinski definition) is 7. The van der Waals surface area contributed by atoms with Crippen LogP contribution in [0.4, 0.5) is 0 Å². The van der Waals surface area contributed by atoms with Crippen LogP contribution in [0.5, 0.6) is 0 Å². The topological polar surface area (TPSA) is 125 Å². The quantitative estimate of drug-likeness (QED) is 0.252. The minimum absolute atomic E-state index is 0.0475. The maximum atomic E-state index is 12.9. The van der Waals surface area contributed by atoms with Gasteiger partial charge in [0.2, 0.25) is 5.82 Å². The van der Waals surface area contributed by atoms with Gasteiger partial charge in [-0.2, -0.15) is 5.21 Å². The Kier molecular flexibility index (Phi) is 8.38. The van der Waals surface area contributed by atoms with E-state index in [1.807, 2.05) is 24.3 Å². The molecule has 0 aliphatic heterocycles. The van der Waals surface area contributed by atoms with E-state index in [-0.39, 0.29) is 12.6 Å². The molecule has 0 unspecified atom stereocenters. The van der Waals surface area contributed by atoms with Gasteiger partial charge in [0.25, 0.3) is 0 Å². The van der Waals surface area contributed by atoms with E-state index in [1.165, 1.54) is 0 Å². The van der Waals surface area contributed by atoms with Gasteiger partial charge in [0, 0.05) is 18.5 Å². The Morgan fingerprint density at radius 2 is 1.85 bits per heavy atom. The SMILES string of the molecule is CCCCc1nc(Cl)c(COC(=O)C2(N)CCCCC2)n1Cc1ccc(-c2ccccc2-c2nn[nH]n2)cc1. The second-order valence-corrected chi connectivity index (χ2v) is 10.6. The predicted octanol–water partition coefficient (Wildman–Crippen LogP) is 5.48. The number of carbonyl (C=O) groups is 1. The average molecular weight is 548 g/mol. The molecule has 0 atom stereocenters. The summed E-state index contributed by atoms with van der Waals surface area (Å²) in [5.74, 6) is 1.08. The van der Waals surface area contributed by atoms with E-state index in [0.717, 1.165) is 66.6 Å². The standard InChI is InChI=1S/C29H34ClN7O2/c1-2-3-11-25-32-26(30)24(19-39-28(38)29(31)16-7-4-8-17-29)37(25)18-20-12-14-21(15-13-20)22-9-5-6-10-23(22)27-33-35-36-34-27/h5-6,9-10,12-15H,2-4,7-8,11,16-19,31H2,1H3,(H,33,34,35,36). The van der Waals surface area contributed by atoms with Crippen molar-refractivity contribution >= 4 is 17.6 Å². The van der Waals surface area contributed by atoms with E-state index in [9.17, 15) is 4.79 Å². The largest absolute Gasteiger partial charge is 0.458 e. The van der Waals surface area contributed by atoms with Crippen LogP contribution in [0, 0.1) is 0 Å². The number of benzene rings is 2. The van der Waals surface area contributed by atoms with Crippen LogP contribution < -0.4 is 5.73 Å². The summed E-state index contributed by atoms with van der Waals surface area (Å²) in [6.45, 7) is 2.76. The Labute approximate surface area is 233 Å². The summed E-state index contributed by atoms with van der Waals surface area (Å²) < 4.78 is 7.83. The average Bonchev–Trinajstić information content (AvgIpc) is 3.60. The molecule has 3 N–H and O–H groups in total. The van der Waals surface area contributed by atoms with Crippen molar-refractivity contribution in [2.45, 2.75) is 77.0 Å². The first-order chi connectivity index (χ1) is 19.0. The summed E-state index contributed by atoms with van der Waals surface area (Å²) in [4.78, 5) is 17.5. The van der Waals surface area contributed by atoms with Crippen molar-refractivity contribution in [3.63, 3.8) is 0 Å². The minimum Gasteiger partial charge on any atom is -0.458 e. The summed E-state index contributed by atoms with van der Waals surface area (Å²) in [5, 5.41) is 14.9. The molecule has 0 bridgehead atoms. The second kappa shape index (κ2) is 12.1. The summed E-state index contributed by atoms with van der Waals surface area (Å²) >= 11 is 6.60. The fourth-order valence-electron chi connectivity index (χ4n) is 5.20. The van der Waals surface area contributed by atoms with E-state index in [1.54, 1.807) is 0 Å². The molecule has 1 aliphatic rings. The molecule has 1 fully saturated rings.